The fraction of sp³-hybridized carbons (Fsp3) is 0.300. The van der Waals surface area contributed by atoms with E-state index < -0.39 is 18.6 Å². The van der Waals surface area contributed by atoms with Crippen molar-refractivity contribution in [3.8, 4) is 0 Å². The Morgan fingerprint density at radius 3 is 2.40 bits per heavy atom. The average Bonchev–Trinajstić information content (AvgIpc) is 2.82. The second-order valence-corrected chi connectivity index (χ2v) is 6.81. The van der Waals surface area contributed by atoms with E-state index in [1.807, 2.05) is 11.0 Å². The first-order valence-electron chi connectivity index (χ1n) is 9.60. The molecule has 2 amide bonds. The van der Waals surface area contributed by atoms with Gasteiger partial charge in [0.1, 0.15) is 11.7 Å². The Bertz CT molecular complexity index is 1040. The van der Waals surface area contributed by atoms with Crippen LogP contribution in [0.15, 0.2) is 48.9 Å². The van der Waals surface area contributed by atoms with Crippen molar-refractivity contribution in [2.45, 2.75) is 6.04 Å². The van der Waals surface area contributed by atoms with Gasteiger partial charge in [-0.1, -0.05) is 12.1 Å². The third-order valence-electron chi connectivity index (χ3n) is 4.89. The van der Waals surface area contributed by atoms with E-state index >= 15 is 0 Å². The number of amides is 2. The van der Waals surface area contributed by atoms with Crippen LogP contribution in [0.3, 0.4) is 0 Å². The molecule has 2 aromatic heterocycles. The summed E-state index contributed by atoms with van der Waals surface area (Å²) in [5, 5.41) is 12.3. The van der Waals surface area contributed by atoms with Crippen molar-refractivity contribution in [2.24, 2.45) is 0 Å². The number of nitrogens with zero attached hydrogens (tertiary/aromatic N) is 6. The van der Waals surface area contributed by atoms with Crippen LogP contribution in [0, 0.1) is 0 Å². The average molecular weight is 407 g/mol. The highest BCUT2D eigenvalue weighted by atomic mass is 16.3. The van der Waals surface area contributed by atoms with Crippen LogP contribution in [0.2, 0.25) is 0 Å². The van der Waals surface area contributed by atoms with Crippen LogP contribution in [-0.2, 0) is 4.79 Å². The topological polar surface area (TPSA) is 124 Å². The van der Waals surface area contributed by atoms with E-state index in [4.69, 9.17) is 0 Å². The number of piperazine rings is 1. The molecule has 30 heavy (non-hydrogen) atoms. The zero-order chi connectivity index (χ0) is 20.9. The lowest BCUT2D eigenvalue weighted by molar-refractivity contribution is -0.134. The summed E-state index contributed by atoms with van der Waals surface area (Å²) in [6, 6.07) is 7.89. The van der Waals surface area contributed by atoms with E-state index in [0.717, 1.165) is 0 Å². The molecule has 1 aromatic carbocycles. The summed E-state index contributed by atoms with van der Waals surface area (Å²) in [5.74, 6) is -0.281. The molecule has 10 nitrogen and oxygen atoms in total. The summed E-state index contributed by atoms with van der Waals surface area (Å²) in [4.78, 5) is 45.9. The molecule has 1 aliphatic rings. The molecule has 0 radical (unpaired) electrons. The molecule has 1 saturated heterocycles. The molecule has 0 bridgehead atoms. The minimum atomic E-state index is -1.05. The zero-order valence-corrected chi connectivity index (χ0v) is 16.2. The first-order chi connectivity index (χ1) is 14.7. The number of hydrogen-bond donors (Lipinski definition) is 2. The summed E-state index contributed by atoms with van der Waals surface area (Å²) in [7, 11) is 0. The Balaban J connectivity index is 1.38. The maximum Gasteiger partial charge on any atom is 0.272 e. The molecule has 0 unspecified atom stereocenters. The number of carbonyl (C=O) groups is 2. The van der Waals surface area contributed by atoms with Crippen molar-refractivity contribution >= 4 is 28.8 Å². The summed E-state index contributed by atoms with van der Waals surface area (Å²) < 4.78 is 0. The summed E-state index contributed by atoms with van der Waals surface area (Å²) in [6.07, 6.45) is 4.70. The molecule has 4 rings (SSSR count). The summed E-state index contributed by atoms with van der Waals surface area (Å²) in [5.41, 5.74) is 1.34. The quantitative estimate of drug-likeness (QED) is 0.599. The number of para-hydroxylation sites is 2. The Labute approximate surface area is 172 Å². The van der Waals surface area contributed by atoms with Crippen LogP contribution < -0.4 is 10.2 Å². The highest BCUT2D eigenvalue weighted by molar-refractivity contribution is 5.97. The molecule has 0 saturated carbocycles. The van der Waals surface area contributed by atoms with Gasteiger partial charge in [-0.25, -0.2) is 15.0 Å². The fourth-order valence-corrected chi connectivity index (χ4v) is 3.29. The van der Waals surface area contributed by atoms with E-state index in [2.05, 4.69) is 25.3 Å². The number of aromatic nitrogens is 4. The van der Waals surface area contributed by atoms with Crippen molar-refractivity contribution < 1.29 is 14.7 Å². The Morgan fingerprint density at radius 1 is 1.00 bits per heavy atom. The van der Waals surface area contributed by atoms with Gasteiger partial charge in [0, 0.05) is 38.6 Å². The first-order valence-corrected chi connectivity index (χ1v) is 9.60. The largest absolute Gasteiger partial charge is 0.394 e. The Kier molecular flexibility index (Phi) is 5.75. The normalized spacial score (nSPS) is 15.1. The van der Waals surface area contributed by atoms with Crippen molar-refractivity contribution in [1.29, 1.82) is 0 Å². The fourth-order valence-electron chi connectivity index (χ4n) is 3.29. The van der Waals surface area contributed by atoms with Crippen molar-refractivity contribution in [1.82, 2.24) is 30.2 Å². The Morgan fingerprint density at radius 2 is 1.70 bits per heavy atom. The monoisotopic (exact) mass is 407 g/mol. The van der Waals surface area contributed by atoms with Crippen molar-refractivity contribution in [3.63, 3.8) is 0 Å². The number of aliphatic hydroxyl groups is 1. The number of rotatable bonds is 5. The van der Waals surface area contributed by atoms with E-state index in [9.17, 15) is 14.7 Å². The lowest BCUT2D eigenvalue weighted by Crippen LogP contribution is -2.56. The lowest BCUT2D eigenvalue weighted by atomic mass is 10.2. The highest BCUT2D eigenvalue weighted by Gasteiger charge is 2.29. The maximum absolute atomic E-state index is 12.8. The molecular weight excluding hydrogens is 386 g/mol. The van der Waals surface area contributed by atoms with E-state index in [-0.39, 0.29) is 11.6 Å². The maximum atomic E-state index is 12.8. The van der Waals surface area contributed by atoms with E-state index in [0.29, 0.717) is 43.2 Å². The number of carbonyl (C=O) groups excluding carboxylic acids is 2. The highest BCUT2D eigenvalue weighted by Crippen LogP contribution is 2.11. The number of aliphatic hydroxyl groups excluding tert-OH is 1. The van der Waals surface area contributed by atoms with E-state index in [1.54, 1.807) is 41.6 Å². The predicted molar refractivity (Wildman–Crippen MR) is 109 cm³/mol. The molecule has 1 atom stereocenters. The molecule has 10 heteroatoms. The second-order valence-electron chi connectivity index (χ2n) is 6.81. The minimum Gasteiger partial charge on any atom is -0.394 e. The van der Waals surface area contributed by atoms with Gasteiger partial charge in [0.2, 0.25) is 11.9 Å². The minimum absolute atomic E-state index is 0.0889. The van der Waals surface area contributed by atoms with Crippen LogP contribution in [0.1, 0.15) is 10.5 Å². The summed E-state index contributed by atoms with van der Waals surface area (Å²) in [6.45, 7) is 1.52. The molecule has 154 valence electrons. The molecular formula is C20H21N7O3. The third-order valence-corrected chi connectivity index (χ3v) is 4.89. The zero-order valence-electron chi connectivity index (χ0n) is 16.2. The number of anilines is 1. The van der Waals surface area contributed by atoms with Gasteiger partial charge in [0.25, 0.3) is 5.91 Å². The molecule has 0 aliphatic carbocycles. The van der Waals surface area contributed by atoms with Gasteiger partial charge in [0.05, 0.1) is 23.8 Å². The predicted octanol–water partition coefficient (Wildman–Crippen LogP) is -0.141. The van der Waals surface area contributed by atoms with E-state index in [1.165, 1.54) is 6.20 Å². The Hall–Kier alpha value is -3.66. The van der Waals surface area contributed by atoms with Crippen LogP contribution >= 0.6 is 0 Å². The number of hydrogen-bond acceptors (Lipinski definition) is 8. The molecule has 1 aliphatic heterocycles. The molecule has 3 heterocycles. The van der Waals surface area contributed by atoms with Crippen LogP contribution in [0.25, 0.3) is 11.0 Å². The van der Waals surface area contributed by atoms with Gasteiger partial charge in [-0.2, -0.15) is 0 Å². The van der Waals surface area contributed by atoms with Gasteiger partial charge in [0.15, 0.2) is 0 Å². The van der Waals surface area contributed by atoms with Crippen LogP contribution in [-0.4, -0.2) is 80.6 Å². The first kappa shape index (κ1) is 19.6. The van der Waals surface area contributed by atoms with Gasteiger partial charge < -0.3 is 20.2 Å². The number of benzene rings is 1. The van der Waals surface area contributed by atoms with Gasteiger partial charge in [-0.05, 0) is 18.2 Å². The number of nitrogens with one attached hydrogen (secondary N) is 1. The van der Waals surface area contributed by atoms with Crippen molar-refractivity contribution in [3.05, 3.63) is 54.6 Å². The second kappa shape index (κ2) is 8.78. The SMILES string of the molecule is O=C(N[C@@H](CO)C(=O)N1CCN(c2ncccn2)CC1)c1cnc2ccccc2n1. The van der Waals surface area contributed by atoms with Crippen molar-refractivity contribution in [2.75, 3.05) is 37.7 Å². The van der Waals surface area contributed by atoms with Crippen LogP contribution in [0.4, 0.5) is 5.95 Å². The number of fused-ring (bicyclic) bond motifs is 1. The van der Waals surface area contributed by atoms with Gasteiger partial charge in [-0.15, -0.1) is 0 Å². The van der Waals surface area contributed by atoms with Gasteiger partial charge in [-0.3, -0.25) is 14.6 Å². The molecule has 1 fully saturated rings. The molecule has 0 spiro atoms. The smallest absolute Gasteiger partial charge is 0.272 e. The van der Waals surface area contributed by atoms with Crippen LogP contribution in [0.5, 0.6) is 0 Å². The third kappa shape index (κ3) is 4.18. The molecule has 3 aromatic rings. The molecule has 2 N–H and O–H groups in total. The summed E-state index contributed by atoms with van der Waals surface area (Å²) >= 11 is 0. The standard InChI is InChI=1S/C20H21N7O3/c28-13-17(25-18(29)16-12-23-14-4-1-2-5-15(14)24-16)19(30)26-8-10-27(11-9-26)20-21-6-3-7-22-20/h1-7,12,17,28H,8-11,13H2,(H,25,29)/t17-/m0/s1. The lowest BCUT2D eigenvalue weighted by Gasteiger charge is -2.36. The van der Waals surface area contributed by atoms with Gasteiger partial charge >= 0.3 is 0 Å².